The molecule has 0 atom stereocenters. The Balaban J connectivity index is 1.61. The van der Waals surface area contributed by atoms with Crippen molar-refractivity contribution in [3.8, 4) is 0 Å². The fraction of sp³-hybridized carbons (Fsp3) is 0.966. The molecular formula is C29H57NO13. The van der Waals surface area contributed by atoms with Crippen molar-refractivity contribution in [1.82, 2.24) is 5.32 Å². The van der Waals surface area contributed by atoms with Crippen molar-refractivity contribution < 1.29 is 61.6 Å². The van der Waals surface area contributed by atoms with Gasteiger partial charge < -0.3 is 62.2 Å². The molecule has 1 aliphatic heterocycles. The lowest BCUT2D eigenvalue weighted by atomic mass is 10.1. The van der Waals surface area contributed by atoms with Crippen LogP contribution in [-0.2, 0) is 61.6 Å². The summed E-state index contributed by atoms with van der Waals surface area (Å²) in [6.45, 7) is 12.7. The lowest BCUT2D eigenvalue weighted by Crippen LogP contribution is -2.33. The molecule has 0 bridgehead atoms. The number of hydrogen-bond donors (Lipinski definition) is 1. The van der Waals surface area contributed by atoms with Crippen molar-refractivity contribution in [3.05, 3.63) is 0 Å². The molecule has 0 aromatic carbocycles. The summed E-state index contributed by atoms with van der Waals surface area (Å²) in [6, 6.07) is 0. The number of methoxy groups -OCH3 is 1. The van der Waals surface area contributed by atoms with Crippen LogP contribution in [0.5, 0.6) is 0 Å². The van der Waals surface area contributed by atoms with E-state index in [1.807, 2.05) is 0 Å². The largest absolute Gasteiger partial charge is 0.469 e. The quantitative estimate of drug-likeness (QED) is 0.0781. The summed E-state index contributed by atoms with van der Waals surface area (Å²) in [5.41, 5.74) is 0. The first-order chi connectivity index (χ1) is 21.3. The summed E-state index contributed by atoms with van der Waals surface area (Å²) < 4.78 is 64.7. The number of nitrogens with one attached hydrogen (secondary N) is 1. The Morgan fingerprint density at radius 2 is 0.744 bits per heavy atom. The normalized spacial score (nSPS) is 14.0. The molecule has 1 heterocycles. The second-order valence-corrected chi connectivity index (χ2v) is 9.27. The molecule has 256 valence electrons. The topological polar surface area (TPSA) is 140 Å². The van der Waals surface area contributed by atoms with Crippen molar-refractivity contribution in [3.63, 3.8) is 0 Å². The molecule has 0 saturated carbocycles. The number of hydrogen-bond acceptors (Lipinski definition) is 14. The molecule has 0 aromatic rings. The van der Waals surface area contributed by atoms with Crippen LogP contribution in [0.3, 0.4) is 0 Å². The molecule has 1 N–H and O–H groups in total. The number of piperidine rings is 1. The van der Waals surface area contributed by atoms with E-state index >= 15 is 0 Å². The minimum Gasteiger partial charge on any atom is -0.469 e. The van der Waals surface area contributed by atoms with E-state index in [1.165, 1.54) is 7.11 Å². The van der Waals surface area contributed by atoms with Gasteiger partial charge in [-0.25, -0.2) is 0 Å². The van der Waals surface area contributed by atoms with E-state index in [-0.39, 0.29) is 12.4 Å². The van der Waals surface area contributed by atoms with Crippen molar-refractivity contribution in [2.45, 2.75) is 25.4 Å². The first-order valence-corrected chi connectivity index (χ1v) is 15.5. The minimum absolute atomic E-state index is 0.247. The van der Waals surface area contributed by atoms with E-state index in [1.54, 1.807) is 0 Å². The van der Waals surface area contributed by atoms with Crippen molar-refractivity contribution in [2.24, 2.45) is 0 Å². The fourth-order valence-corrected chi connectivity index (χ4v) is 3.57. The van der Waals surface area contributed by atoms with Gasteiger partial charge in [0.25, 0.3) is 0 Å². The Hall–Kier alpha value is -1.01. The zero-order valence-corrected chi connectivity index (χ0v) is 26.3. The van der Waals surface area contributed by atoms with Crippen LogP contribution < -0.4 is 5.32 Å². The van der Waals surface area contributed by atoms with Gasteiger partial charge in [0.1, 0.15) is 0 Å². The van der Waals surface area contributed by atoms with Gasteiger partial charge >= 0.3 is 5.97 Å². The SMILES string of the molecule is COC(=O)CCOCCOCCOCCOCCOCCOCCOCCOCCOCCOCCOC1CCNCC1. The molecule has 0 radical (unpaired) electrons. The highest BCUT2D eigenvalue weighted by molar-refractivity contribution is 5.69. The van der Waals surface area contributed by atoms with Gasteiger partial charge in [-0.3, -0.25) is 4.79 Å². The molecule has 0 unspecified atom stereocenters. The summed E-state index contributed by atoms with van der Waals surface area (Å²) in [5, 5.41) is 3.32. The zero-order valence-electron chi connectivity index (χ0n) is 26.3. The predicted molar refractivity (Wildman–Crippen MR) is 157 cm³/mol. The molecule has 0 aliphatic carbocycles. The molecule has 1 fully saturated rings. The highest BCUT2D eigenvalue weighted by atomic mass is 16.6. The molecule has 1 saturated heterocycles. The second-order valence-electron chi connectivity index (χ2n) is 9.27. The summed E-state index contributed by atoms with van der Waals surface area (Å²) in [7, 11) is 1.35. The molecule has 0 aromatic heterocycles. The summed E-state index contributed by atoms with van der Waals surface area (Å²) in [5.74, 6) is -0.284. The van der Waals surface area contributed by atoms with Gasteiger partial charge in [-0.2, -0.15) is 0 Å². The van der Waals surface area contributed by atoms with Crippen LogP contribution in [0.4, 0.5) is 0 Å². The highest BCUT2D eigenvalue weighted by Gasteiger charge is 2.12. The number of carbonyl (C=O) groups excluding carboxylic acids is 1. The number of rotatable bonds is 34. The Labute approximate surface area is 257 Å². The van der Waals surface area contributed by atoms with E-state index < -0.39 is 0 Å². The molecule has 14 heteroatoms. The van der Waals surface area contributed by atoms with E-state index in [2.05, 4.69) is 10.1 Å². The van der Waals surface area contributed by atoms with Crippen molar-refractivity contribution >= 4 is 5.97 Å². The Morgan fingerprint density at radius 1 is 0.465 bits per heavy atom. The maximum absolute atomic E-state index is 10.9. The molecule has 0 amide bonds. The van der Waals surface area contributed by atoms with Gasteiger partial charge in [0, 0.05) is 0 Å². The first kappa shape index (κ1) is 40.0. The van der Waals surface area contributed by atoms with Crippen molar-refractivity contribution in [2.75, 3.05) is 159 Å². The van der Waals surface area contributed by atoms with E-state index in [9.17, 15) is 4.79 Å². The van der Waals surface area contributed by atoms with Crippen LogP contribution in [0.15, 0.2) is 0 Å². The molecule has 0 spiro atoms. The smallest absolute Gasteiger partial charge is 0.307 e. The van der Waals surface area contributed by atoms with Gasteiger partial charge in [0.15, 0.2) is 0 Å². The molecule has 43 heavy (non-hydrogen) atoms. The maximum atomic E-state index is 10.9. The van der Waals surface area contributed by atoms with Crippen LogP contribution in [0.1, 0.15) is 19.3 Å². The Kier molecular flexibility index (Phi) is 31.5. The van der Waals surface area contributed by atoms with Gasteiger partial charge in [-0.1, -0.05) is 0 Å². The third-order valence-electron chi connectivity index (χ3n) is 5.89. The molecule has 1 rings (SSSR count). The summed E-state index contributed by atoms with van der Waals surface area (Å²) in [4.78, 5) is 10.9. The van der Waals surface area contributed by atoms with E-state index in [0.29, 0.717) is 145 Å². The van der Waals surface area contributed by atoms with Crippen molar-refractivity contribution in [1.29, 1.82) is 0 Å². The van der Waals surface area contributed by atoms with Gasteiger partial charge in [0.05, 0.1) is 158 Å². The average molecular weight is 628 g/mol. The van der Waals surface area contributed by atoms with E-state index in [0.717, 1.165) is 25.9 Å². The van der Waals surface area contributed by atoms with Crippen LogP contribution in [-0.4, -0.2) is 171 Å². The van der Waals surface area contributed by atoms with Gasteiger partial charge in [0.2, 0.25) is 0 Å². The molecular weight excluding hydrogens is 570 g/mol. The predicted octanol–water partition coefficient (Wildman–Crippen LogP) is 0.484. The third kappa shape index (κ3) is 30.8. The highest BCUT2D eigenvalue weighted by Crippen LogP contribution is 2.06. The lowest BCUT2D eigenvalue weighted by molar-refractivity contribution is -0.141. The van der Waals surface area contributed by atoms with Crippen LogP contribution in [0, 0.1) is 0 Å². The first-order valence-electron chi connectivity index (χ1n) is 15.5. The minimum atomic E-state index is -0.284. The van der Waals surface area contributed by atoms with Gasteiger partial charge in [-0.15, -0.1) is 0 Å². The molecule has 1 aliphatic rings. The van der Waals surface area contributed by atoms with Crippen LogP contribution in [0.2, 0.25) is 0 Å². The zero-order chi connectivity index (χ0) is 30.7. The monoisotopic (exact) mass is 627 g/mol. The average Bonchev–Trinajstić information content (AvgIpc) is 3.03. The van der Waals surface area contributed by atoms with Crippen LogP contribution >= 0.6 is 0 Å². The summed E-state index contributed by atoms with van der Waals surface area (Å²) >= 11 is 0. The number of carbonyl (C=O) groups is 1. The fourth-order valence-electron chi connectivity index (χ4n) is 3.57. The maximum Gasteiger partial charge on any atom is 0.307 e. The van der Waals surface area contributed by atoms with E-state index in [4.69, 9.17) is 52.1 Å². The summed E-state index contributed by atoms with van der Waals surface area (Å²) in [6.07, 6.45) is 2.77. The van der Waals surface area contributed by atoms with Gasteiger partial charge in [-0.05, 0) is 25.9 Å². The lowest BCUT2D eigenvalue weighted by Gasteiger charge is -2.22. The number of esters is 1. The third-order valence-corrected chi connectivity index (χ3v) is 5.89. The standard InChI is InChI=1S/C29H57NO13/c1-32-29(31)4-7-33-8-9-34-10-11-35-12-13-36-14-15-37-16-17-38-18-19-39-20-21-40-22-23-41-24-25-42-26-27-43-28-2-5-30-6-3-28/h28,30H,2-27H2,1H3. The van der Waals surface area contributed by atoms with Crippen LogP contribution in [0.25, 0.3) is 0 Å². The molecule has 14 nitrogen and oxygen atoms in total. The Morgan fingerprint density at radius 3 is 1.05 bits per heavy atom. The second kappa shape index (κ2) is 33.9. The Bertz CT molecular complexity index is 570. The number of ether oxygens (including phenoxy) is 12.